The first kappa shape index (κ1) is 22.3. The third-order valence-corrected chi connectivity index (χ3v) is 4.15. The molecule has 0 aliphatic rings. The summed E-state index contributed by atoms with van der Waals surface area (Å²) in [6, 6.07) is 9.89. The van der Waals surface area contributed by atoms with Crippen molar-refractivity contribution in [3.63, 3.8) is 0 Å². The summed E-state index contributed by atoms with van der Waals surface area (Å²) < 4.78 is 43.4. The number of carbonyl (C=O) groups excluding carboxylic acids is 2. The van der Waals surface area contributed by atoms with Crippen molar-refractivity contribution in [2.75, 3.05) is 11.9 Å². The van der Waals surface area contributed by atoms with Crippen molar-refractivity contribution in [2.45, 2.75) is 33.0 Å². The van der Waals surface area contributed by atoms with Crippen LogP contribution in [-0.2, 0) is 11.0 Å². The largest absolute Gasteiger partial charge is 0.493 e. The van der Waals surface area contributed by atoms with E-state index in [1.807, 2.05) is 0 Å². The smallest absolute Gasteiger partial charge is 0.416 e. The van der Waals surface area contributed by atoms with Crippen molar-refractivity contribution in [1.82, 2.24) is 5.32 Å². The normalized spacial score (nSPS) is 12.4. The van der Waals surface area contributed by atoms with Gasteiger partial charge in [0.25, 0.3) is 5.91 Å². The average molecular weight is 408 g/mol. The summed E-state index contributed by atoms with van der Waals surface area (Å²) in [5.74, 6) is -0.858. The molecule has 0 heterocycles. The quantitative estimate of drug-likeness (QED) is 0.709. The maximum Gasteiger partial charge on any atom is 0.416 e. The maximum atomic E-state index is 12.7. The number of amides is 2. The van der Waals surface area contributed by atoms with Crippen LogP contribution >= 0.6 is 0 Å². The molecule has 0 spiro atoms. The molecule has 29 heavy (non-hydrogen) atoms. The van der Waals surface area contributed by atoms with Crippen molar-refractivity contribution in [3.8, 4) is 5.75 Å². The number of hydrogen-bond acceptors (Lipinski definition) is 3. The number of carbonyl (C=O) groups is 2. The van der Waals surface area contributed by atoms with Crippen LogP contribution in [0, 0.1) is 5.92 Å². The van der Waals surface area contributed by atoms with Crippen LogP contribution in [0.3, 0.4) is 0 Å². The van der Waals surface area contributed by atoms with Crippen LogP contribution in [-0.4, -0.2) is 24.5 Å². The fourth-order valence-corrected chi connectivity index (χ4v) is 2.65. The van der Waals surface area contributed by atoms with Crippen molar-refractivity contribution in [3.05, 3.63) is 59.7 Å². The van der Waals surface area contributed by atoms with Crippen LogP contribution in [0.4, 0.5) is 18.9 Å². The Labute approximate surface area is 167 Å². The highest BCUT2D eigenvalue weighted by molar-refractivity contribution is 6.02. The zero-order valence-electron chi connectivity index (χ0n) is 16.3. The van der Waals surface area contributed by atoms with Gasteiger partial charge < -0.3 is 15.4 Å². The summed E-state index contributed by atoms with van der Waals surface area (Å²) in [5.41, 5.74) is -0.309. The number of benzene rings is 2. The average Bonchev–Trinajstić information content (AvgIpc) is 2.66. The molecule has 0 unspecified atom stereocenters. The van der Waals surface area contributed by atoms with E-state index in [0.29, 0.717) is 17.9 Å². The van der Waals surface area contributed by atoms with Gasteiger partial charge in [-0.15, -0.1) is 0 Å². The Bertz CT molecular complexity index is 849. The van der Waals surface area contributed by atoms with Gasteiger partial charge in [0.05, 0.1) is 17.7 Å². The Kier molecular flexibility index (Phi) is 7.25. The van der Waals surface area contributed by atoms with Gasteiger partial charge in [-0.3, -0.25) is 9.59 Å². The molecule has 0 aliphatic heterocycles. The second-order valence-corrected chi connectivity index (χ2v) is 6.69. The highest BCUT2D eigenvalue weighted by Crippen LogP contribution is 2.29. The van der Waals surface area contributed by atoms with E-state index < -0.39 is 29.6 Å². The van der Waals surface area contributed by atoms with Crippen LogP contribution in [0.2, 0.25) is 0 Å². The molecule has 0 aliphatic carbocycles. The summed E-state index contributed by atoms with van der Waals surface area (Å²) in [7, 11) is 0. The molecule has 0 saturated heterocycles. The van der Waals surface area contributed by atoms with Crippen LogP contribution in [0.15, 0.2) is 48.5 Å². The monoisotopic (exact) mass is 408 g/mol. The molecule has 1 atom stereocenters. The number of halogens is 3. The first-order valence-electron chi connectivity index (χ1n) is 9.14. The van der Waals surface area contributed by atoms with E-state index in [-0.39, 0.29) is 11.6 Å². The van der Waals surface area contributed by atoms with Crippen LogP contribution < -0.4 is 15.4 Å². The molecule has 2 amide bonds. The van der Waals surface area contributed by atoms with Gasteiger partial charge in [0, 0.05) is 5.69 Å². The Morgan fingerprint density at radius 2 is 1.66 bits per heavy atom. The Morgan fingerprint density at radius 1 is 1.03 bits per heavy atom. The van der Waals surface area contributed by atoms with Crippen molar-refractivity contribution in [2.24, 2.45) is 5.92 Å². The zero-order chi connectivity index (χ0) is 21.6. The van der Waals surface area contributed by atoms with Crippen molar-refractivity contribution < 1.29 is 27.5 Å². The molecule has 0 fully saturated rings. The number of rotatable bonds is 7. The lowest BCUT2D eigenvalue weighted by Gasteiger charge is -2.22. The van der Waals surface area contributed by atoms with Gasteiger partial charge in [-0.1, -0.05) is 26.0 Å². The lowest BCUT2D eigenvalue weighted by molar-refractivity contribution is -0.137. The number of anilines is 1. The number of ether oxygens (including phenoxy) is 1. The fraction of sp³-hybridized carbons (Fsp3) is 0.333. The Balaban J connectivity index is 2.13. The topological polar surface area (TPSA) is 67.4 Å². The molecule has 2 aromatic carbocycles. The summed E-state index contributed by atoms with van der Waals surface area (Å²) in [4.78, 5) is 25.3. The van der Waals surface area contributed by atoms with Crippen molar-refractivity contribution >= 4 is 17.5 Å². The number of hydrogen-bond donors (Lipinski definition) is 2. The molecule has 0 aromatic heterocycles. The molecule has 0 radical (unpaired) electrons. The van der Waals surface area contributed by atoms with E-state index in [2.05, 4.69) is 10.6 Å². The molecule has 2 rings (SSSR count). The molecule has 156 valence electrons. The van der Waals surface area contributed by atoms with Gasteiger partial charge in [-0.2, -0.15) is 13.2 Å². The van der Waals surface area contributed by atoms with Crippen LogP contribution in [0.5, 0.6) is 5.75 Å². The lowest BCUT2D eigenvalue weighted by Crippen LogP contribution is -2.47. The molecule has 0 bridgehead atoms. The van der Waals surface area contributed by atoms with E-state index >= 15 is 0 Å². The van der Waals surface area contributed by atoms with Gasteiger partial charge in [0.2, 0.25) is 5.91 Å². The Hall–Kier alpha value is -3.03. The lowest BCUT2D eigenvalue weighted by atomic mass is 10.0. The van der Waals surface area contributed by atoms with E-state index in [1.54, 1.807) is 45.0 Å². The van der Waals surface area contributed by atoms with Crippen LogP contribution in [0.1, 0.15) is 36.7 Å². The molecule has 8 heteroatoms. The van der Waals surface area contributed by atoms with E-state index in [9.17, 15) is 22.8 Å². The minimum absolute atomic E-state index is 0.206. The zero-order valence-corrected chi connectivity index (χ0v) is 16.3. The van der Waals surface area contributed by atoms with Gasteiger partial charge in [-0.05, 0) is 49.2 Å². The highest BCUT2D eigenvalue weighted by Gasteiger charge is 2.30. The summed E-state index contributed by atoms with van der Waals surface area (Å²) in [6.45, 7) is 5.69. The second-order valence-electron chi connectivity index (χ2n) is 6.69. The van der Waals surface area contributed by atoms with Gasteiger partial charge in [-0.25, -0.2) is 0 Å². The third-order valence-electron chi connectivity index (χ3n) is 4.15. The Morgan fingerprint density at radius 3 is 2.21 bits per heavy atom. The summed E-state index contributed by atoms with van der Waals surface area (Å²) in [5, 5.41) is 5.22. The standard InChI is InChI=1S/C21H23F3N2O3/c1-4-29-17-8-6-5-7-16(17)19(27)26-18(13(2)3)20(28)25-15-11-9-14(10-12-15)21(22,23)24/h5-13,18H,4H2,1-3H3,(H,25,28)(H,26,27)/t18-/m0/s1. The van der Waals surface area contributed by atoms with E-state index in [4.69, 9.17) is 4.74 Å². The predicted molar refractivity (Wildman–Crippen MR) is 104 cm³/mol. The van der Waals surface area contributed by atoms with Gasteiger partial charge in [0.15, 0.2) is 0 Å². The van der Waals surface area contributed by atoms with Gasteiger partial charge in [0.1, 0.15) is 11.8 Å². The molecular weight excluding hydrogens is 385 g/mol. The fourth-order valence-electron chi connectivity index (χ4n) is 2.65. The van der Waals surface area contributed by atoms with E-state index in [0.717, 1.165) is 12.1 Å². The first-order valence-corrected chi connectivity index (χ1v) is 9.14. The van der Waals surface area contributed by atoms with E-state index in [1.165, 1.54) is 12.1 Å². The number of para-hydroxylation sites is 1. The molecule has 0 saturated carbocycles. The predicted octanol–water partition coefficient (Wildman–Crippen LogP) is 4.50. The van der Waals surface area contributed by atoms with Crippen LogP contribution in [0.25, 0.3) is 0 Å². The van der Waals surface area contributed by atoms with Crippen molar-refractivity contribution in [1.29, 1.82) is 0 Å². The molecule has 5 nitrogen and oxygen atoms in total. The second kappa shape index (κ2) is 9.45. The minimum atomic E-state index is -4.45. The minimum Gasteiger partial charge on any atom is -0.493 e. The molecule has 2 N–H and O–H groups in total. The molecular formula is C21H23F3N2O3. The highest BCUT2D eigenvalue weighted by atomic mass is 19.4. The summed E-state index contributed by atoms with van der Waals surface area (Å²) >= 11 is 0. The SMILES string of the molecule is CCOc1ccccc1C(=O)N[C@H](C(=O)Nc1ccc(C(F)(F)F)cc1)C(C)C. The maximum absolute atomic E-state index is 12.7. The third kappa shape index (κ3) is 5.97. The van der Waals surface area contributed by atoms with Gasteiger partial charge >= 0.3 is 6.18 Å². The number of nitrogens with one attached hydrogen (secondary N) is 2. The first-order chi connectivity index (χ1) is 13.6. The number of alkyl halides is 3. The molecule has 2 aromatic rings. The summed E-state index contributed by atoms with van der Waals surface area (Å²) in [6.07, 6.45) is -4.45.